The molecule has 0 radical (unpaired) electrons. The van der Waals surface area contributed by atoms with E-state index in [1.54, 1.807) is 4.57 Å². The molecule has 0 aliphatic rings. The van der Waals surface area contributed by atoms with Gasteiger partial charge >= 0.3 is 11.9 Å². The number of aromatic amines is 2. The molecule has 0 aliphatic heterocycles. The summed E-state index contributed by atoms with van der Waals surface area (Å²) < 4.78 is 40.0. The number of H-pyrrole nitrogens is 2. The highest BCUT2D eigenvalue weighted by Gasteiger charge is 2.30. The minimum Gasteiger partial charge on any atom is -0.325 e. The van der Waals surface area contributed by atoms with E-state index in [0.717, 1.165) is 40.7 Å². The molecule has 37 heavy (non-hydrogen) atoms. The van der Waals surface area contributed by atoms with Gasteiger partial charge in [-0.05, 0) is 55.3 Å². The molecular formula is C24H21F3N6O3S. The van der Waals surface area contributed by atoms with E-state index in [4.69, 9.17) is 0 Å². The van der Waals surface area contributed by atoms with Crippen molar-refractivity contribution in [3.63, 3.8) is 0 Å². The Balaban J connectivity index is 1.58. The molecule has 0 saturated heterocycles. The van der Waals surface area contributed by atoms with Gasteiger partial charge in [0.2, 0.25) is 5.91 Å². The standard InChI is InChI=1S/C24H21F3N6O3S/c1-13-3-4-14(2)18(9-13)33-19(10-17-11-20(34)30-22(36)29-17)31-32-23(33)37-12-21(35)28-16-7-5-15(6-8-16)24(25,26)27/h3-9,11H,10,12H2,1-2H3,(H,28,35)(H2,29,30,34,36). The predicted molar refractivity (Wildman–Crippen MR) is 132 cm³/mol. The predicted octanol–water partition coefficient (Wildman–Crippen LogP) is 3.60. The fraction of sp³-hybridized carbons (Fsp3) is 0.208. The molecule has 3 N–H and O–H groups in total. The topological polar surface area (TPSA) is 126 Å². The van der Waals surface area contributed by atoms with Crippen LogP contribution in [0.15, 0.2) is 63.3 Å². The minimum atomic E-state index is -4.46. The van der Waals surface area contributed by atoms with Crippen LogP contribution in [0.3, 0.4) is 0 Å². The summed E-state index contributed by atoms with van der Waals surface area (Å²) >= 11 is 1.09. The molecule has 192 valence electrons. The van der Waals surface area contributed by atoms with Crippen molar-refractivity contribution in [2.24, 2.45) is 0 Å². The molecule has 0 fully saturated rings. The van der Waals surface area contributed by atoms with Gasteiger partial charge in [0.15, 0.2) is 5.16 Å². The number of thioether (sulfide) groups is 1. The first-order valence-electron chi connectivity index (χ1n) is 10.9. The average Bonchev–Trinajstić information content (AvgIpc) is 3.20. The van der Waals surface area contributed by atoms with Gasteiger partial charge in [-0.3, -0.25) is 19.1 Å². The zero-order valence-electron chi connectivity index (χ0n) is 19.6. The minimum absolute atomic E-state index is 0.0914. The van der Waals surface area contributed by atoms with Gasteiger partial charge in [0, 0.05) is 23.9 Å². The van der Waals surface area contributed by atoms with E-state index in [1.165, 1.54) is 18.2 Å². The number of carbonyl (C=O) groups excluding carboxylic acids is 1. The quantitative estimate of drug-likeness (QED) is 0.314. The Hall–Kier alpha value is -4.13. The van der Waals surface area contributed by atoms with Crippen LogP contribution in [-0.4, -0.2) is 36.4 Å². The van der Waals surface area contributed by atoms with Crippen LogP contribution in [0.4, 0.5) is 18.9 Å². The van der Waals surface area contributed by atoms with Gasteiger partial charge in [-0.15, -0.1) is 10.2 Å². The first-order valence-corrected chi connectivity index (χ1v) is 11.9. The van der Waals surface area contributed by atoms with Crippen molar-refractivity contribution in [2.75, 3.05) is 11.1 Å². The van der Waals surface area contributed by atoms with Crippen LogP contribution in [-0.2, 0) is 17.4 Å². The molecule has 1 amide bonds. The molecule has 0 unspecified atom stereocenters. The lowest BCUT2D eigenvalue weighted by atomic mass is 10.1. The zero-order valence-corrected chi connectivity index (χ0v) is 20.5. The molecule has 0 aliphatic carbocycles. The summed E-state index contributed by atoms with van der Waals surface area (Å²) in [6.45, 7) is 3.82. The number of alkyl halides is 3. The molecule has 4 aromatic rings. The van der Waals surface area contributed by atoms with Crippen LogP contribution < -0.4 is 16.6 Å². The van der Waals surface area contributed by atoms with E-state index in [9.17, 15) is 27.6 Å². The number of nitrogens with one attached hydrogen (secondary N) is 3. The van der Waals surface area contributed by atoms with E-state index in [2.05, 4.69) is 25.5 Å². The van der Waals surface area contributed by atoms with Crippen LogP contribution in [0.5, 0.6) is 0 Å². The second kappa shape index (κ2) is 10.5. The summed E-state index contributed by atoms with van der Waals surface area (Å²) in [6.07, 6.45) is -4.37. The number of hydrogen-bond donors (Lipinski definition) is 3. The van der Waals surface area contributed by atoms with Gasteiger partial charge in [0.05, 0.1) is 17.0 Å². The Bertz CT molecular complexity index is 1530. The number of rotatable bonds is 7. The number of amides is 1. The molecule has 0 spiro atoms. The summed E-state index contributed by atoms with van der Waals surface area (Å²) in [6, 6.07) is 11.2. The van der Waals surface area contributed by atoms with Crippen molar-refractivity contribution in [1.82, 2.24) is 24.7 Å². The van der Waals surface area contributed by atoms with Crippen LogP contribution in [0.1, 0.15) is 28.2 Å². The maximum Gasteiger partial charge on any atom is 0.416 e. The van der Waals surface area contributed by atoms with Crippen molar-refractivity contribution in [3.05, 3.63) is 97.6 Å². The molecule has 2 aromatic heterocycles. The van der Waals surface area contributed by atoms with Crippen molar-refractivity contribution >= 4 is 23.4 Å². The summed E-state index contributed by atoms with van der Waals surface area (Å²) in [7, 11) is 0. The molecule has 0 bridgehead atoms. The smallest absolute Gasteiger partial charge is 0.325 e. The molecule has 9 nitrogen and oxygen atoms in total. The first-order chi connectivity index (χ1) is 17.5. The summed E-state index contributed by atoms with van der Waals surface area (Å²) in [5.74, 6) is -0.104. The maximum absolute atomic E-state index is 12.8. The van der Waals surface area contributed by atoms with E-state index in [-0.39, 0.29) is 17.9 Å². The van der Waals surface area contributed by atoms with E-state index in [0.29, 0.717) is 16.7 Å². The normalized spacial score (nSPS) is 11.5. The monoisotopic (exact) mass is 530 g/mol. The number of nitrogens with zero attached hydrogens (tertiary/aromatic N) is 3. The summed E-state index contributed by atoms with van der Waals surface area (Å²) in [4.78, 5) is 40.6. The zero-order chi connectivity index (χ0) is 26.7. The number of anilines is 1. The first kappa shape index (κ1) is 25.9. The Kier molecular flexibility index (Phi) is 7.34. The Morgan fingerprint density at radius 1 is 1.03 bits per heavy atom. The Morgan fingerprint density at radius 2 is 1.76 bits per heavy atom. The van der Waals surface area contributed by atoms with E-state index in [1.807, 2.05) is 32.0 Å². The lowest BCUT2D eigenvalue weighted by molar-refractivity contribution is -0.137. The number of aromatic nitrogens is 5. The van der Waals surface area contributed by atoms with Gasteiger partial charge in [-0.1, -0.05) is 23.9 Å². The van der Waals surface area contributed by atoms with Gasteiger partial charge in [-0.25, -0.2) is 4.79 Å². The third-order valence-corrected chi connectivity index (χ3v) is 6.23. The van der Waals surface area contributed by atoms with Crippen LogP contribution in [0.25, 0.3) is 5.69 Å². The number of aryl methyl sites for hydroxylation is 2. The van der Waals surface area contributed by atoms with Gasteiger partial charge in [-0.2, -0.15) is 13.2 Å². The highest BCUT2D eigenvalue weighted by Crippen LogP contribution is 2.30. The lowest BCUT2D eigenvalue weighted by Crippen LogP contribution is -2.23. The van der Waals surface area contributed by atoms with Crippen LogP contribution in [0, 0.1) is 13.8 Å². The largest absolute Gasteiger partial charge is 0.416 e. The van der Waals surface area contributed by atoms with Crippen molar-refractivity contribution in [1.29, 1.82) is 0 Å². The fourth-order valence-corrected chi connectivity index (χ4v) is 4.33. The van der Waals surface area contributed by atoms with Crippen molar-refractivity contribution in [2.45, 2.75) is 31.6 Å². The summed E-state index contributed by atoms with van der Waals surface area (Å²) in [5.41, 5.74) is 1.20. The molecule has 13 heteroatoms. The highest BCUT2D eigenvalue weighted by molar-refractivity contribution is 7.99. The van der Waals surface area contributed by atoms with Gasteiger partial charge in [0.1, 0.15) is 5.82 Å². The third kappa shape index (κ3) is 6.36. The second-order valence-corrected chi connectivity index (χ2v) is 9.17. The molecule has 2 heterocycles. The highest BCUT2D eigenvalue weighted by atomic mass is 32.2. The molecule has 0 saturated carbocycles. The molecule has 0 atom stereocenters. The Labute approximate surface area is 212 Å². The van der Waals surface area contributed by atoms with E-state index >= 15 is 0 Å². The summed E-state index contributed by atoms with van der Waals surface area (Å²) in [5, 5.41) is 11.4. The molecular weight excluding hydrogens is 509 g/mol. The number of benzene rings is 2. The SMILES string of the molecule is Cc1ccc(C)c(-n2c(Cc3cc(=O)[nH]c(=O)[nH]3)nnc2SCC(=O)Nc2ccc(C(F)(F)F)cc2)c1. The number of carbonyl (C=O) groups is 1. The van der Waals surface area contributed by atoms with Gasteiger partial charge < -0.3 is 10.3 Å². The van der Waals surface area contributed by atoms with Gasteiger partial charge in [0.25, 0.3) is 5.56 Å². The van der Waals surface area contributed by atoms with E-state index < -0.39 is 28.9 Å². The maximum atomic E-state index is 12.8. The number of hydrogen-bond acceptors (Lipinski definition) is 6. The van der Waals surface area contributed by atoms with Crippen LogP contribution >= 0.6 is 11.8 Å². The average molecular weight is 531 g/mol. The molecule has 4 rings (SSSR count). The van der Waals surface area contributed by atoms with Crippen molar-refractivity contribution in [3.8, 4) is 5.69 Å². The molecule has 2 aromatic carbocycles. The number of halogens is 3. The Morgan fingerprint density at radius 3 is 2.43 bits per heavy atom. The van der Waals surface area contributed by atoms with Crippen molar-refractivity contribution < 1.29 is 18.0 Å². The fourth-order valence-electron chi connectivity index (χ4n) is 3.57. The van der Waals surface area contributed by atoms with Crippen LogP contribution in [0.2, 0.25) is 0 Å². The lowest BCUT2D eigenvalue weighted by Gasteiger charge is -2.14. The second-order valence-electron chi connectivity index (χ2n) is 8.23. The third-order valence-electron chi connectivity index (χ3n) is 5.30.